The quantitative estimate of drug-likeness (QED) is 0.847. The van der Waals surface area contributed by atoms with E-state index in [1.54, 1.807) is 30.3 Å². The minimum Gasteiger partial charge on any atom is -0.347 e. The van der Waals surface area contributed by atoms with Crippen molar-refractivity contribution in [3.8, 4) is 0 Å². The van der Waals surface area contributed by atoms with E-state index >= 15 is 0 Å². The summed E-state index contributed by atoms with van der Waals surface area (Å²) < 4.78 is 54.0. The first-order valence-corrected chi connectivity index (χ1v) is 4.94. The van der Waals surface area contributed by atoms with E-state index in [0.717, 1.165) is 0 Å². The molecule has 100 valence electrons. The first-order valence-electron chi connectivity index (χ1n) is 4.94. The smallest absolute Gasteiger partial charge is 0.347 e. The van der Waals surface area contributed by atoms with Crippen molar-refractivity contribution in [1.29, 1.82) is 0 Å². The van der Waals surface area contributed by atoms with Gasteiger partial charge in [0.05, 0.1) is 0 Å². The molecule has 1 aromatic rings. The van der Waals surface area contributed by atoms with Crippen molar-refractivity contribution in [3.05, 3.63) is 35.9 Å². The third-order valence-electron chi connectivity index (χ3n) is 2.23. The monoisotopic (exact) mass is 265 g/mol. The maximum atomic E-state index is 13.4. The Morgan fingerprint density at radius 1 is 1.22 bits per heavy atom. The van der Waals surface area contributed by atoms with Gasteiger partial charge in [0.1, 0.15) is 0 Å². The second-order valence-electron chi connectivity index (χ2n) is 3.47. The fraction of sp³-hybridized carbons (Fsp3) is 0.364. The summed E-state index contributed by atoms with van der Waals surface area (Å²) in [5.74, 6) is -6.21. The van der Waals surface area contributed by atoms with Gasteiger partial charge in [0.2, 0.25) is 0 Å². The lowest BCUT2D eigenvalue weighted by Gasteiger charge is -2.24. The van der Waals surface area contributed by atoms with E-state index in [-0.39, 0.29) is 6.54 Å². The average molecular weight is 265 g/mol. The highest BCUT2D eigenvalue weighted by Crippen LogP contribution is 2.34. The van der Waals surface area contributed by atoms with Crippen LogP contribution in [-0.4, -0.2) is 25.0 Å². The molecule has 1 amide bonds. The zero-order valence-corrected chi connectivity index (χ0v) is 9.42. The van der Waals surface area contributed by atoms with Crippen LogP contribution in [0.25, 0.3) is 0 Å². The number of carbonyl (C=O) groups is 1. The van der Waals surface area contributed by atoms with E-state index in [0.29, 0.717) is 12.7 Å². The van der Waals surface area contributed by atoms with Gasteiger partial charge < -0.3 is 10.1 Å². The topological polar surface area (TPSA) is 38.3 Å². The van der Waals surface area contributed by atoms with Crippen LogP contribution in [0.5, 0.6) is 0 Å². The highest BCUT2D eigenvalue weighted by atomic mass is 19.4. The third kappa shape index (κ3) is 2.98. The maximum absolute atomic E-state index is 13.4. The molecule has 0 saturated carbocycles. The molecule has 0 spiro atoms. The van der Waals surface area contributed by atoms with E-state index in [4.69, 9.17) is 0 Å². The van der Waals surface area contributed by atoms with Crippen molar-refractivity contribution in [2.24, 2.45) is 0 Å². The summed E-state index contributed by atoms with van der Waals surface area (Å²) in [4.78, 5) is 11.2. The lowest BCUT2D eigenvalue weighted by molar-refractivity contribution is -0.307. The fourth-order valence-electron chi connectivity index (χ4n) is 1.23. The number of ether oxygens (including phenoxy) is 1. The number of amides is 1. The summed E-state index contributed by atoms with van der Waals surface area (Å²) in [7, 11) is 0.482. The number of nitrogens with one attached hydrogen (secondary N) is 1. The Bertz CT molecular complexity index is 407. The Kier molecular flexibility index (Phi) is 4.28. The summed E-state index contributed by atoms with van der Waals surface area (Å²) in [6.45, 7) is -0.217. The predicted molar refractivity (Wildman–Crippen MR) is 55.2 cm³/mol. The standard InChI is InChI=1S/C11H11F4NO2/c1-18-10(12,11(13,14)15)9(17)16-7-8-5-3-2-4-6-8/h2-6H,7H2,1H3,(H,16,17)/t10-/m1/s1. The molecule has 0 aliphatic rings. The van der Waals surface area contributed by atoms with Gasteiger partial charge in [-0.2, -0.15) is 17.6 Å². The van der Waals surface area contributed by atoms with Gasteiger partial charge in [0.25, 0.3) is 5.91 Å². The highest BCUT2D eigenvalue weighted by molar-refractivity contribution is 5.84. The molecular formula is C11H11F4NO2. The maximum Gasteiger partial charge on any atom is 0.458 e. The number of methoxy groups -OCH3 is 1. The average Bonchev–Trinajstić information content (AvgIpc) is 2.34. The first kappa shape index (κ1) is 14.4. The van der Waals surface area contributed by atoms with Crippen molar-refractivity contribution in [2.75, 3.05) is 7.11 Å². The van der Waals surface area contributed by atoms with Gasteiger partial charge in [-0.1, -0.05) is 30.3 Å². The molecule has 0 fully saturated rings. The van der Waals surface area contributed by atoms with Crippen molar-refractivity contribution in [3.63, 3.8) is 0 Å². The third-order valence-corrected chi connectivity index (χ3v) is 2.23. The van der Waals surface area contributed by atoms with Crippen LogP contribution < -0.4 is 5.32 Å². The van der Waals surface area contributed by atoms with Crippen LogP contribution >= 0.6 is 0 Å². The number of carbonyl (C=O) groups excluding carboxylic acids is 1. The molecule has 0 saturated heterocycles. The van der Waals surface area contributed by atoms with E-state index < -0.39 is 17.9 Å². The Hall–Kier alpha value is -1.63. The second kappa shape index (κ2) is 5.34. The minimum atomic E-state index is -5.43. The predicted octanol–water partition coefficient (Wildman–Crippen LogP) is 2.18. The number of hydrogen-bond donors (Lipinski definition) is 1. The number of benzene rings is 1. The highest BCUT2D eigenvalue weighted by Gasteiger charge is 2.63. The molecule has 1 aromatic carbocycles. The molecule has 1 atom stereocenters. The molecule has 7 heteroatoms. The number of alkyl halides is 4. The molecule has 0 radical (unpaired) electrons. The number of rotatable bonds is 4. The largest absolute Gasteiger partial charge is 0.458 e. The lowest BCUT2D eigenvalue weighted by Crippen LogP contribution is -2.54. The Balaban J connectivity index is 2.70. The summed E-state index contributed by atoms with van der Waals surface area (Å²) in [5.41, 5.74) is 0.548. The molecule has 0 aliphatic heterocycles. The Morgan fingerprint density at radius 3 is 2.22 bits per heavy atom. The van der Waals surface area contributed by atoms with E-state index in [9.17, 15) is 22.4 Å². The summed E-state index contributed by atoms with van der Waals surface area (Å²) >= 11 is 0. The van der Waals surface area contributed by atoms with Gasteiger partial charge in [-0.25, -0.2) is 0 Å². The summed E-state index contributed by atoms with van der Waals surface area (Å²) in [6.07, 6.45) is -5.43. The second-order valence-corrected chi connectivity index (χ2v) is 3.47. The zero-order chi connectivity index (χ0) is 13.8. The molecule has 0 bridgehead atoms. The summed E-state index contributed by atoms with van der Waals surface area (Å²) in [6, 6.07) is 8.16. The normalized spacial score (nSPS) is 14.9. The molecule has 0 heterocycles. The van der Waals surface area contributed by atoms with Crippen LogP contribution in [0.3, 0.4) is 0 Å². The molecule has 1 rings (SSSR count). The minimum absolute atomic E-state index is 0.217. The molecule has 3 nitrogen and oxygen atoms in total. The number of halogens is 4. The van der Waals surface area contributed by atoms with E-state index in [2.05, 4.69) is 4.74 Å². The van der Waals surface area contributed by atoms with Crippen molar-refractivity contribution in [2.45, 2.75) is 18.6 Å². The van der Waals surface area contributed by atoms with E-state index in [1.165, 1.54) is 0 Å². The zero-order valence-electron chi connectivity index (χ0n) is 9.42. The molecule has 1 N–H and O–H groups in total. The van der Waals surface area contributed by atoms with Gasteiger partial charge in [-0.05, 0) is 5.56 Å². The summed E-state index contributed by atoms with van der Waals surface area (Å²) in [5, 5.41) is 1.84. The van der Waals surface area contributed by atoms with Crippen LogP contribution in [0.1, 0.15) is 5.56 Å². The molecule has 0 aromatic heterocycles. The Labute approximate surface area is 101 Å². The van der Waals surface area contributed by atoms with Crippen LogP contribution in [0.2, 0.25) is 0 Å². The van der Waals surface area contributed by atoms with Gasteiger partial charge in [0, 0.05) is 13.7 Å². The molecular weight excluding hydrogens is 254 g/mol. The van der Waals surface area contributed by atoms with Gasteiger partial charge >= 0.3 is 12.0 Å². The van der Waals surface area contributed by atoms with Crippen LogP contribution in [-0.2, 0) is 16.1 Å². The van der Waals surface area contributed by atoms with Crippen molar-refractivity contribution < 1.29 is 27.1 Å². The van der Waals surface area contributed by atoms with Crippen molar-refractivity contribution in [1.82, 2.24) is 5.32 Å². The Morgan fingerprint density at radius 2 is 1.78 bits per heavy atom. The number of hydrogen-bond acceptors (Lipinski definition) is 2. The van der Waals surface area contributed by atoms with Crippen LogP contribution in [0, 0.1) is 0 Å². The van der Waals surface area contributed by atoms with Gasteiger partial charge in [-0.3, -0.25) is 4.79 Å². The van der Waals surface area contributed by atoms with Gasteiger partial charge in [-0.15, -0.1) is 0 Å². The first-order chi connectivity index (χ1) is 8.31. The molecule has 18 heavy (non-hydrogen) atoms. The molecule has 0 unspecified atom stereocenters. The van der Waals surface area contributed by atoms with Crippen LogP contribution in [0.15, 0.2) is 30.3 Å². The lowest BCUT2D eigenvalue weighted by atomic mass is 10.2. The van der Waals surface area contributed by atoms with Crippen molar-refractivity contribution >= 4 is 5.91 Å². The molecule has 0 aliphatic carbocycles. The van der Waals surface area contributed by atoms with Crippen LogP contribution in [0.4, 0.5) is 17.6 Å². The fourth-order valence-corrected chi connectivity index (χ4v) is 1.23. The van der Waals surface area contributed by atoms with Gasteiger partial charge in [0.15, 0.2) is 0 Å². The SMILES string of the molecule is CO[C@](F)(C(=O)NCc1ccccc1)C(F)(F)F. The van der Waals surface area contributed by atoms with E-state index in [1.807, 2.05) is 5.32 Å².